The normalized spacial score (nSPS) is 21.5. The molecule has 0 bridgehead atoms. The lowest BCUT2D eigenvalue weighted by atomic mass is 10.1. The molecule has 1 N–H and O–H groups in total. The maximum Gasteiger partial charge on any atom is 0.225 e. The first-order valence-corrected chi connectivity index (χ1v) is 9.12. The lowest BCUT2D eigenvalue weighted by molar-refractivity contribution is -0.129. The van der Waals surface area contributed by atoms with E-state index >= 15 is 0 Å². The first-order valence-electron chi connectivity index (χ1n) is 9.12. The summed E-state index contributed by atoms with van der Waals surface area (Å²) in [7, 11) is 0. The van der Waals surface area contributed by atoms with Gasteiger partial charge in [-0.1, -0.05) is 30.3 Å². The summed E-state index contributed by atoms with van der Waals surface area (Å²) in [4.78, 5) is 28.6. The molecule has 0 aliphatic carbocycles. The van der Waals surface area contributed by atoms with Gasteiger partial charge in [-0.2, -0.15) is 0 Å². The van der Waals surface area contributed by atoms with E-state index in [1.165, 1.54) is 0 Å². The van der Waals surface area contributed by atoms with E-state index in [1.807, 2.05) is 30.3 Å². The fourth-order valence-electron chi connectivity index (χ4n) is 3.39. The Morgan fingerprint density at radius 2 is 1.96 bits per heavy atom. The second-order valence-corrected chi connectivity index (χ2v) is 6.76. The lowest BCUT2D eigenvalue weighted by Crippen LogP contribution is -2.39. The minimum absolute atomic E-state index is 0.00545. The Bertz CT molecular complexity index is 573. The molecule has 0 aromatic heterocycles. The van der Waals surface area contributed by atoms with Crippen LogP contribution in [0, 0.1) is 5.92 Å². The Morgan fingerprint density at radius 3 is 2.72 bits per heavy atom. The third kappa shape index (κ3) is 5.28. The molecule has 1 atom stereocenters. The lowest BCUT2D eigenvalue weighted by Gasteiger charge is -2.26. The number of amides is 2. The van der Waals surface area contributed by atoms with Crippen LogP contribution in [0.3, 0.4) is 0 Å². The van der Waals surface area contributed by atoms with Gasteiger partial charge in [-0.3, -0.25) is 14.5 Å². The molecule has 6 nitrogen and oxygen atoms in total. The zero-order chi connectivity index (χ0) is 17.5. The molecule has 0 radical (unpaired) electrons. The number of ether oxygens (including phenoxy) is 1. The topological polar surface area (TPSA) is 61.9 Å². The van der Waals surface area contributed by atoms with E-state index in [0.717, 1.165) is 44.8 Å². The smallest absolute Gasteiger partial charge is 0.225 e. The molecule has 1 aromatic carbocycles. The van der Waals surface area contributed by atoms with Crippen molar-refractivity contribution >= 4 is 11.8 Å². The Labute approximate surface area is 149 Å². The molecule has 6 heteroatoms. The summed E-state index contributed by atoms with van der Waals surface area (Å²) in [6.45, 7) is 6.29. The number of rotatable bonds is 7. The van der Waals surface area contributed by atoms with Crippen molar-refractivity contribution in [3.8, 4) is 0 Å². The van der Waals surface area contributed by atoms with Crippen LogP contribution in [0.15, 0.2) is 30.3 Å². The minimum Gasteiger partial charge on any atom is -0.379 e. The van der Waals surface area contributed by atoms with Crippen molar-refractivity contribution in [2.24, 2.45) is 5.92 Å². The second-order valence-electron chi connectivity index (χ2n) is 6.76. The van der Waals surface area contributed by atoms with Gasteiger partial charge < -0.3 is 15.0 Å². The summed E-state index contributed by atoms with van der Waals surface area (Å²) >= 11 is 0. The highest BCUT2D eigenvalue weighted by molar-refractivity contribution is 5.89. The van der Waals surface area contributed by atoms with Crippen LogP contribution in [0.1, 0.15) is 18.4 Å². The Kier molecular flexibility index (Phi) is 6.42. The monoisotopic (exact) mass is 345 g/mol. The molecule has 3 rings (SSSR count). The average molecular weight is 345 g/mol. The van der Waals surface area contributed by atoms with Crippen molar-refractivity contribution in [1.82, 2.24) is 15.1 Å². The molecule has 25 heavy (non-hydrogen) atoms. The number of hydrogen-bond donors (Lipinski definition) is 1. The molecule has 1 aromatic rings. The molecule has 0 unspecified atom stereocenters. The summed E-state index contributed by atoms with van der Waals surface area (Å²) in [5, 5.41) is 2.99. The van der Waals surface area contributed by atoms with Crippen LogP contribution in [0.5, 0.6) is 0 Å². The number of hydrogen-bond acceptors (Lipinski definition) is 4. The summed E-state index contributed by atoms with van der Waals surface area (Å²) in [6, 6.07) is 9.91. The summed E-state index contributed by atoms with van der Waals surface area (Å²) in [6.07, 6.45) is 1.25. The van der Waals surface area contributed by atoms with E-state index in [1.54, 1.807) is 4.90 Å². The van der Waals surface area contributed by atoms with Crippen LogP contribution in [-0.2, 0) is 20.9 Å². The zero-order valence-corrected chi connectivity index (χ0v) is 14.7. The van der Waals surface area contributed by atoms with Crippen LogP contribution in [0.25, 0.3) is 0 Å². The summed E-state index contributed by atoms with van der Waals surface area (Å²) in [5.41, 5.74) is 1.10. The van der Waals surface area contributed by atoms with Crippen LogP contribution >= 0.6 is 0 Å². The molecule has 0 saturated carbocycles. The predicted octanol–water partition coefficient (Wildman–Crippen LogP) is 0.874. The number of carbonyl (C=O) groups excluding carboxylic acids is 2. The molecule has 2 aliphatic rings. The van der Waals surface area contributed by atoms with E-state index in [2.05, 4.69) is 10.2 Å². The maximum atomic E-state index is 12.3. The summed E-state index contributed by atoms with van der Waals surface area (Å²) < 4.78 is 5.33. The number of carbonyl (C=O) groups is 2. The quantitative estimate of drug-likeness (QED) is 0.745. The standard InChI is InChI=1S/C19H27N3O3/c23-18-13-17(15-22(18)14-16-5-2-1-3-6-16)19(24)20-7-4-8-21-9-11-25-12-10-21/h1-3,5-6,17H,4,7-15H2,(H,20,24)/t17-/m1/s1. The Hall–Kier alpha value is -1.92. The van der Waals surface area contributed by atoms with Crippen molar-refractivity contribution in [2.75, 3.05) is 45.9 Å². The van der Waals surface area contributed by atoms with E-state index in [-0.39, 0.29) is 17.7 Å². The van der Waals surface area contributed by atoms with E-state index in [4.69, 9.17) is 4.74 Å². The number of likely N-dealkylation sites (tertiary alicyclic amines) is 1. The molecule has 2 heterocycles. The first kappa shape index (κ1) is 17.9. The van der Waals surface area contributed by atoms with Gasteiger partial charge in [0.15, 0.2) is 0 Å². The largest absolute Gasteiger partial charge is 0.379 e. The van der Waals surface area contributed by atoms with Gasteiger partial charge in [0.2, 0.25) is 11.8 Å². The van der Waals surface area contributed by atoms with E-state index in [9.17, 15) is 9.59 Å². The third-order valence-electron chi connectivity index (χ3n) is 4.86. The van der Waals surface area contributed by atoms with Gasteiger partial charge in [0.25, 0.3) is 0 Å². The molecule has 2 saturated heterocycles. The molecular weight excluding hydrogens is 318 g/mol. The van der Waals surface area contributed by atoms with Crippen molar-refractivity contribution in [2.45, 2.75) is 19.4 Å². The number of nitrogens with one attached hydrogen (secondary N) is 1. The van der Waals surface area contributed by atoms with Crippen LogP contribution in [0.2, 0.25) is 0 Å². The zero-order valence-electron chi connectivity index (χ0n) is 14.7. The highest BCUT2D eigenvalue weighted by atomic mass is 16.5. The highest BCUT2D eigenvalue weighted by Crippen LogP contribution is 2.20. The van der Waals surface area contributed by atoms with Gasteiger partial charge in [0.05, 0.1) is 19.1 Å². The van der Waals surface area contributed by atoms with Crippen molar-refractivity contribution < 1.29 is 14.3 Å². The fraction of sp³-hybridized carbons (Fsp3) is 0.579. The maximum absolute atomic E-state index is 12.3. The predicted molar refractivity (Wildman–Crippen MR) is 94.9 cm³/mol. The molecule has 2 amide bonds. The van der Waals surface area contributed by atoms with Crippen molar-refractivity contribution in [1.29, 1.82) is 0 Å². The molecule has 136 valence electrons. The highest BCUT2D eigenvalue weighted by Gasteiger charge is 2.33. The van der Waals surface area contributed by atoms with Crippen LogP contribution in [-0.4, -0.2) is 67.6 Å². The first-order chi connectivity index (χ1) is 12.2. The molecular formula is C19H27N3O3. The van der Waals surface area contributed by atoms with Crippen molar-refractivity contribution in [3.05, 3.63) is 35.9 Å². The number of nitrogens with zero attached hydrogens (tertiary/aromatic N) is 2. The van der Waals surface area contributed by atoms with Crippen LogP contribution in [0.4, 0.5) is 0 Å². The second kappa shape index (κ2) is 8.97. The van der Waals surface area contributed by atoms with Gasteiger partial charge in [-0.25, -0.2) is 0 Å². The Balaban J connectivity index is 1.37. The fourth-order valence-corrected chi connectivity index (χ4v) is 3.39. The van der Waals surface area contributed by atoms with E-state index in [0.29, 0.717) is 26.1 Å². The van der Waals surface area contributed by atoms with Crippen molar-refractivity contribution in [3.63, 3.8) is 0 Å². The van der Waals surface area contributed by atoms with Gasteiger partial charge in [0.1, 0.15) is 0 Å². The van der Waals surface area contributed by atoms with Gasteiger partial charge in [-0.05, 0) is 18.5 Å². The van der Waals surface area contributed by atoms with Crippen LogP contribution < -0.4 is 5.32 Å². The number of morpholine rings is 1. The molecule has 0 spiro atoms. The summed E-state index contributed by atoms with van der Waals surface area (Å²) in [5.74, 6) is -0.150. The minimum atomic E-state index is -0.223. The molecule has 2 aliphatic heterocycles. The van der Waals surface area contributed by atoms with Gasteiger partial charge in [0, 0.05) is 39.1 Å². The Morgan fingerprint density at radius 1 is 1.20 bits per heavy atom. The average Bonchev–Trinajstić information content (AvgIpc) is 3.01. The molecule has 2 fully saturated rings. The van der Waals surface area contributed by atoms with Gasteiger partial charge >= 0.3 is 0 Å². The third-order valence-corrected chi connectivity index (χ3v) is 4.86. The SMILES string of the molecule is O=C(NCCCN1CCOCC1)[C@@H]1CC(=O)N(Cc2ccccc2)C1. The van der Waals surface area contributed by atoms with E-state index < -0.39 is 0 Å². The van der Waals surface area contributed by atoms with Gasteiger partial charge in [-0.15, -0.1) is 0 Å². The number of benzene rings is 1.